The molecule has 0 bridgehead atoms. The molecule has 0 saturated carbocycles. The van der Waals surface area contributed by atoms with E-state index in [0.29, 0.717) is 15.6 Å². The van der Waals surface area contributed by atoms with Crippen LogP contribution in [0.2, 0.25) is 5.02 Å². The molecule has 0 unspecified atom stereocenters. The van der Waals surface area contributed by atoms with E-state index >= 15 is 0 Å². The minimum atomic E-state index is -0.910. The number of pyridine rings is 1. The van der Waals surface area contributed by atoms with Gasteiger partial charge in [-0.15, -0.1) is 0 Å². The normalized spacial score (nSPS) is 10.4. The Morgan fingerprint density at radius 1 is 1.26 bits per heavy atom. The zero-order valence-electron chi connectivity index (χ0n) is 9.68. The molecule has 1 N–H and O–H groups in total. The second-order valence-corrected chi connectivity index (χ2v) is 4.86. The van der Waals surface area contributed by atoms with Gasteiger partial charge in [0.1, 0.15) is 5.75 Å². The smallest absolute Gasteiger partial charge is 0.258 e. The molecule has 0 amide bonds. The monoisotopic (exact) mass is 348 g/mol. The molecule has 0 aliphatic carbocycles. The first-order valence-corrected chi connectivity index (χ1v) is 6.35. The van der Waals surface area contributed by atoms with Crippen LogP contribution in [0.4, 0.5) is 14.6 Å². The second-order valence-electron chi connectivity index (χ2n) is 3.53. The molecule has 100 valence electrons. The van der Waals surface area contributed by atoms with E-state index in [2.05, 4.69) is 26.2 Å². The van der Waals surface area contributed by atoms with Crippen molar-refractivity contribution in [3.63, 3.8) is 0 Å². The number of ether oxygens (including phenoxy) is 1. The highest BCUT2D eigenvalue weighted by Gasteiger charge is 2.14. The minimum absolute atomic E-state index is 0.109. The lowest BCUT2D eigenvalue weighted by Crippen LogP contribution is -2.01. The summed E-state index contributed by atoms with van der Waals surface area (Å²) in [5, 5.41) is 2.79. The van der Waals surface area contributed by atoms with E-state index < -0.39 is 11.6 Å². The van der Waals surface area contributed by atoms with Crippen LogP contribution < -0.4 is 10.1 Å². The van der Waals surface area contributed by atoms with Gasteiger partial charge in [0.25, 0.3) is 5.88 Å². The van der Waals surface area contributed by atoms with E-state index in [1.807, 2.05) is 0 Å². The largest absolute Gasteiger partial charge is 0.435 e. The van der Waals surface area contributed by atoms with Gasteiger partial charge in [-0.25, -0.2) is 8.78 Å². The van der Waals surface area contributed by atoms with Crippen LogP contribution in [0.25, 0.3) is 0 Å². The Balaban J connectivity index is 2.40. The number of anilines is 1. The summed E-state index contributed by atoms with van der Waals surface area (Å²) in [7, 11) is 1.47. The third-order valence-corrected chi connectivity index (χ3v) is 3.04. The maximum absolute atomic E-state index is 13.6. The van der Waals surface area contributed by atoms with Gasteiger partial charge in [-0.1, -0.05) is 27.5 Å². The predicted molar refractivity (Wildman–Crippen MR) is 72.9 cm³/mol. The van der Waals surface area contributed by atoms with Crippen LogP contribution in [-0.4, -0.2) is 12.0 Å². The van der Waals surface area contributed by atoms with Crippen LogP contribution in [0.1, 0.15) is 0 Å². The van der Waals surface area contributed by atoms with E-state index in [1.165, 1.54) is 7.05 Å². The van der Waals surface area contributed by atoms with Gasteiger partial charge in [0.05, 0.1) is 5.02 Å². The summed E-state index contributed by atoms with van der Waals surface area (Å²) in [6.45, 7) is 0. The molecule has 7 heteroatoms. The van der Waals surface area contributed by atoms with Crippen molar-refractivity contribution in [1.82, 2.24) is 4.98 Å². The summed E-state index contributed by atoms with van der Waals surface area (Å²) < 4.78 is 32.8. The topological polar surface area (TPSA) is 34.2 Å². The number of rotatable bonds is 3. The van der Waals surface area contributed by atoms with Crippen molar-refractivity contribution in [2.45, 2.75) is 0 Å². The number of hydrogen-bond donors (Lipinski definition) is 1. The number of aromatic nitrogens is 1. The van der Waals surface area contributed by atoms with Crippen molar-refractivity contribution in [1.29, 1.82) is 0 Å². The highest BCUT2D eigenvalue weighted by molar-refractivity contribution is 9.10. The van der Waals surface area contributed by atoms with Crippen LogP contribution in [-0.2, 0) is 0 Å². The Hall–Kier alpha value is -1.40. The fourth-order valence-corrected chi connectivity index (χ4v) is 1.85. The van der Waals surface area contributed by atoms with Crippen molar-refractivity contribution in [3.05, 3.63) is 45.4 Å². The first-order chi connectivity index (χ1) is 9.01. The average Bonchev–Trinajstić information content (AvgIpc) is 2.37. The SMILES string of the molecule is CNc1nc(Oc2cc(Br)ccc2Cl)c(F)cc1F. The first kappa shape index (κ1) is 14.0. The summed E-state index contributed by atoms with van der Waals surface area (Å²) in [6, 6.07) is 5.55. The maximum Gasteiger partial charge on any atom is 0.258 e. The Labute approximate surface area is 121 Å². The maximum atomic E-state index is 13.6. The first-order valence-electron chi connectivity index (χ1n) is 5.18. The van der Waals surface area contributed by atoms with E-state index in [1.54, 1.807) is 18.2 Å². The quantitative estimate of drug-likeness (QED) is 0.878. The summed E-state index contributed by atoms with van der Waals surface area (Å²) >= 11 is 9.16. The van der Waals surface area contributed by atoms with E-state index in [0.717, 1.165) is 0 Å². The Morgan fingerprint density at radius 3 is 2.68 bits per heavy atom. The molecule has 1 aromatic carbocycles. The average molecular weight is 350 g/mol. The number of benzene rings is 1. The fourth-order valence-electron chi connectivity index (χ4n) is 1.36. The van der Waals surface area contributed by atoms with Crippen molar-refractivity contribution >= 4 is 33.3 Å². The number of hydrogen-bond acceptors (Lipinski definition) is 3. The fraction of sp³-hybridized carbons (Fsp3) is 0.0833. The molecule has 1 heterocycles. The molecule has 2 rings (SSSR count). The van der Waals surface area contributed by atoms with Crippen molar-refractivity contribution in [2.24, 2.45) is 0 Å². The van der Waals surface area contributed by atoms with Gasteiger partial charge in [-0.2, -0.15) is 4.98 Å². The van der Waals surface area contributed by atoms with Gasteiger partial charge in [-0.05, 0) is 18.2 Å². The van der Waals surface area contributed by atoms with Crippen LogP contribution in [0.5, 0.6) is 11.6 Å². The van der Waals surface area contributed by atoms with E-state index in [-0.39, 0.29) is 17.4 Å². The Morgan fingerprint density at radius 2 is 2.00 bits per heavy atom. The Kier molecular flexibility index (Phi) is 4.21. The van der Waals surface area contributed by atoms with E-state index in [9.17, 15) is 8.78 Å². The standard InChI is InChI=1S/C12H8BrClF2N2O/c1-17-11-8(15)5-9(16)12(18-11)19-10-4-6(13)2-3-7(10)14/h2-5H,1H3,(H,17,18). The van der Waals surface area contributed by atoms with Crippen molar-refractivity contribution in [2.75, 3.05) is 12.4 Å². The molecule has 0 radical (unpaired) electrons. The molecule has 0 saturated heterocycles. The lowest BCUT2D eigenvalue weighted by molar-refractivity contribution is 0.418. The molecule has 0 aliphatic heterocycles. The third-order valence-electron chi connectivity index (χ3n) is 2.23. The summed E-state index contributed by atoms with van der Waals surface area (Å²) in [5.74, 6) is -1.95. The zero-order valence-corrected chi connectivity index (χ0v) is 12.0. The van der Waals surface area contributed by atoms with Crippen molar-refractivity contribution < 1.29 is 13.5 Å². The summed E-state index contributed by atoms with van der Waals surface area (Å²) in [6.07, 6.45) is 0. The molecule has 0 spiro atoms. The molecule has 0 atom stereocenters. The second kappa shape index (κ2) is 5.71. The van der Waals surface area contributed by atoms with Crippen LogP contribution >= 0.6 is 27.5 Å². The van der Waals surface area contributed by atoms with Gasteiger partial charge in [0.2, 0.25) is 0 Å². The number of nitrogens with one attached hydrogen (secondary N) is 1. The number of nitrogens with zero attached hydrogens (tertiary/aromatic N) is 1. The van der Waals surface area contributed by atoms with Crippen molar-refractivity contribution in [3.8, 4) is 11.6 Å². The van der Waals surface area contributed by atoms with E-state index in [4.69, 9.17) is 16.3 Å². The highest BCUT2D eigenvalue weighted by atomic mass is 79.9. The molecular formula is C12H8BrClF2N2O. The lowest BCUT2D eigenvalue weighted by Gasteiger charge is -2.10. The summed E-state index contributed by atoms with van der Waals surface area (Å²) in [5.41, 5.74) is 0. The molecule has 19 heavy (non-hydrogen) atoms. The molecule has 1 aromatic heterocycles. The highest BCUT2D eigenvalue weighted by Crippen LogP contribution is 2.33. The molecule has 3 nitrogen and oxygen atoms in total. The van der Waals surface area contributed by atoms with Gasteiger partial charge in [0, 0.05) is 17.6 Å². The van der Waals surface area contributed by atoms with Crippen LogP contribution in [0, 0.1) is 11.6 Å². The molecular weight excluding hydrogens is 341 g/mol. The molecule has 0 aliphatic rings. The van der Waals surface area contributed by atoms with Gasteiger partial charge in [0.15, 0.2) is 17.5 Å². The minimum Gasteiger partial charge on any atom is -0.435 e. The summed E-state index contributed by atoms with van der Waals surface area (Å²) in [4.78, 5) is 3.70. The lowest BCUT2D eigenvalue weighted by atomic mass is 10.3. The molecule has 0 fully saturated rings. The van der Waals surface area contributed by atoms with Crippen LogP contribution in [0.15, 0.2) is 28.7 Å². The number of halogens is 4. The Bertz CT molecular complexity index is 625. The van der Waals surface area contributed by atoms with Gasteiger partial charge >= 0.3 is 0 Å². The van der Waals surface area contributed by atoms with Crippen LogP contribution in [0.3, 0.4) is 0 Å². The van der Waals surface area contributed by atoms with Gasteiger partial charge < -0.3 is 10.1 Å². The third kappa shape index (κ3) is 3.13. The predicted octanol–water partition coefficient (Wildman–Crippen LogP) is 4.61. The zero-order chi connectivity index (χ0) is 14.0. The van der Waals surface area contributed by atoms with Gasteiger partial charge in [-0.3, -0.25) is 0 Å². The molecule has 2 aromatic rings.